The van der Waals surface area contributed by atoms with E-state index >= 15 is 0 Å². The highest BCUT2D eigenvalue weighted by molar-refractivity contribution is 7.98. The molecule has 2 aromatic carbocycles. The van der Waals surface area contributed by atoms with Crippen molar-refractivity contribution in [1.82, 2.24) is 10.1 Å². The van der Waals surface area contributed by atoms with Crippen LogP contribution in [0.2, 0.25) is 0 Å². The number of rotatable bonds is 6. The summed E-state index contributed by atoms with van der Waals surface area (Å²) >= 11 is 1.52. The number of nitrogens with one attached hydrogen (secondary N) is 1. The molecule has 0 unspecified atom stereocenters. The number of aromatic nitrogens is 2. The highest BCUT2D eigenvalue weighted by Gasteiger charge is 2.14. The first-order valence-corrected chi connectivity index (χ1v) is 9.06. The normalized spacial score (nSPS) is 10.6. The lowest BCUT2D eigenvalue weighted by atomic mass is 10.1. The summed E-state index contributed by atoms with van der Waals surface area (Å²) in [5, 5.41) is 6.91. The lowest BCUT2D eigenvalue weighted by molar-refractivity contribution is 0.102. The summed E-state index contributed by atoms with van der Waals surface area (Å²) in [5.74, 6) is 1.59. The molecule has 0 saturated carbocycles. The van der Waals surface area contributed by atoms with Gasteiger partial charge in [-0.25, -0.2) is 0 Å². The molecule has 0 spiro atoms. The second kappa shape index (κ2) is 7.98. The standard InChI is InChI=1S/C19H19N3O2S/c1-3-14-8-4-6-10-16(14)21-19(23)15-9-5-7-11-17(15)25-12-18-20-13(2)24-22-18/h4-11H,3,12H2,1-2H3,(H,21,23). The quantitative estimate of drug-likeness (QED) is 0.662. The van der Waals surface area contributed by atoms with Crippen LogP contribution in [0.3, 0.4) is 0 Å². The summed E-state index contributed by atoms with van der Waals surface area (Å²) in [7, 11) is 0. The van der Waals surface area contributed by atoms with Crippen LogP contribution in [-0.4, -0.2) is 16.0 Å². The third kappa shape index (κ3) is 4.28. The first kappa shape index (κ1) is 17.2. The number of thioether (sulfide) groups is 1. The second-order valence-corrected chi connectivity index (χ2v) is 6.50. The lowest BCUT2D eigenvalue weighted by Crippen LogP contribution is -2.14. The molecule has 6 heteroatoms. The van der Waals surface area contributed by atoms with Crippen molar-refractivity contribution in [2.24, 2.45) is 0 Å². The molecule has 0 radical (unpaired) electrons. The fourth-order valence-electron chi connectivity index (χ4n) is 2.46. The van der Waals surface area contributed by atoms with Gasteiger partial charge in [-0.2, -0.15) is 4.98 Å². The van der Waals surface area contributed by atoms with Gasteiger partial charge in [0.05, 0.1) is 11.3 Å². The molecule has 1 amide bonds. The van der Waals surface area contributed by atoms with Gasteiger partial charge in [0.2, 0.25) is 5.89 Å². The van der Waals surface area contributed by atoms with Crippen molar-refractivity contribution in [3.8, 4) is 0 Å². The van der Waals surface area contributed by atoms with Crippen LogP contribution in [0.15, 0.2) is 57.9 Å². The van der Waals surface area contributed by atoms with Gasteiger partial charge in [0, 0.05) is 17.5 Å². The molecule has 0 aliphatic carbocycles. The van der Waals surface area contributed by atoms with Crippen molar-refractivity contribution in [2.45, 2.75) is 30.9 Å². The molecule has 0 saturated heterocycles. The minimum absolute atomic E-state index is 0.117. The fraction of sp³-hybridized carbons (Fsp3) is 0.211. The predicted octanol–water partition coefficient (Wildman–Crippen LogP) is 4.49. The minimum Gasteiger partial charge on any atom is -0.340 e. The average Bonchev–Trinajstić information content (AvgIpc) is 3.06. The van der Waals surface area contributed by atoms with Crippen LogP contribution in [0.25, 0.3) is 0 Å². The Bertz CT molecular complexity index is 876. The van der Waals surface area contributed by atoms with E-state index in [0.717, 1.165) is 22.6 Å². The van der Waals surface area contributed by atoms with Crippen LogP contribution < -0.4 is 5.32 Å². The third-order valence-corrected chi connectivity index (χ3v) is 4.77. The smallest absolute Gasteiger partial charge is 0.256 e. The molecule has 0 fully saturated rings. The molecule has 0 bridgehead atoms. The highest BCUT2D eigenvalue weighted by Crippen LogP contribution is 2.26. The molecule has 3 aromatic rings. The maximum Gasteiger partial charge on any atom is 0.256 e. The van der Waals surface area contributed by atoms with Gasteiger partial charge in [-0.1, -0.05) is 42.4 Å². The summed E-state index contributed by atoms with van der Waals surface area (Å²) in [5.41, 5.74) is 2.60. The molecule has 0 aliphatic heterocycles. The molecule has 1 N–H and O–H groups in total. The summed E-state index contributed by atoms with van der Waals surface area (Å²) < 4.78 is 4.98. The van der Waals surface area contributed by atoms with Gasteiger partial charge in [0.1, 0.15) is 0 Å². The summed E-state index contributed by atoms with van der Waals surface area (Å²) in [6, 6.07) is 15.4. The van der Waals surface area contributed by atoms with Gasteiger partial charge in [0.25, 0.3) is 5.91 Å². The van der Waals surface area contributed by atoms with E-state index < -0.39 is 0 Å². The van der Waals surface area contributed by atoms with Gasteiger partial charge < -0.3 is 9.84 Å². The molecule has 0 atom stereocenters. The van der Waals surface area contributed by atoms with E-state index in [4.69, 9.17) is 4.52 Å². The maximum atomic E-state index is 12.7. The molecule has 1 heterocycles. The molecule has 1 aromatic heterocycles. The van der Waals surface area contributed by atoms with Crippen LogP contribution in [0.4, 0.5) is 5.69 Å². The molecule has 0 aliphatic rings. The van der Waals surface area contributed by atoms with Gasteiger partial charge in [-0.3, -0.25) is 4.79 Å². The van der Waals surface area contributed by atoms with E-state index in [1.165, 1.54) is 11.8 Å². The Morgan fingerprint density at radius 2 is 1.92 bits per heavy atom. The molecule has 25 heavy (non-hydrogen) atoms. The molecule has 3 rings (SSSR count). The van der Waals surface area contributed by atoms with Crippen molar-refractivity contribution in [3.05, 3.63) is 71.4 Å². The SMILES string of the molecule is CCc1ccccc1NC(=O)c1ccccc1SCc1noc(C)n1. The number of anilines is 1. The summed E-state index contributed by atoms with van der Waals surface area (Å²) in [4.78, 5) is 17.8. The van der Waals surface area contributed by atoms with E-state index in [9.17, 15) is 4.79 Å². The first-order valence-electron chi connectivity index (χ1n) is 8.07. The number of para-hydroxylation sites is 1. The van der Waals surface area contributed by atoms with Crippen molar-refractivity contribution < 1.29 is 9.32 Å². The summed E-state index contributed by atoms with van der Waals surface area (Å²) in [6.45, 7) is 3.83. The maximum absolute atomic E-state index is 12.7. The van der Waals surface area contributed by atoms with Crippen molar-refractivity contribution in [1.29, 1.82) is 0 Å². The zero-order chi connectivity index (χ0) is 17.6. The summed E-state index contributed by atoms with van der Waals surface area (Å²) in [6.07, 6.45) is 0.865. The van der Waals surface area contributed by atoms with Gasteiger partial charge in [0.15, 0.2) is 5.82 Å². The Morgan fingerprint density at radius 3 is 2.68 bits per heavy atom. The number of carbonyl (C=O) groups excluding carboxylic acids is 1. The highest BCUT2D eigenvalue weighted by atomic mass is 32.2. The molecule has 5 nitrogen and oxygen atoms in total. The van der Waals surface area contributed by atoms with E-state index in [0.29, 0.717) is 23.0 Å². The van der Waals surface area contributed by atoms with Crippen molar-refractivity contribution >= 4 is 23.4 Å². The van der Waals surface area contributed by atoms with Crippen LogP contribution in [0.5, 0.6) is 0 Å². The Balaban J connectivity index is 1.76. The largest absolute Gasteiger partial charge is 0.340 e. The fourth-order valence-corrected chi connectivity index (χ4v) is 3.36. The monoisotopic (exact) mass is 353 g/mol. The van der Waals surface area contributed by atoms with Crippen LogP contribution >= 0.6 is 11.8 Å². The zero-order valence-electron chi connectivity index (χ0n) is 14.2. The third-order valence-electron chi connectivity index (χ3n) is 3.70. The van der Waals surface area contributed by atoms with Gasteiger partial charge >= 0.3 is 0 Å². The zero-order valence-corrected chi connectivity index (χ0v) is 15.0. The van der Waals surface area contributed by atoms with E-state index in [-0.39, 0.29) is 5.91 Å². The number of benzene rings is 2. The first-order chi connectivity index (χ1) is 12.2. The van der Waals surface area contributed by atoms with Crippen molar-refractivity contribution in [2.75, 3.05) is 5.32 Å². The minimum atomic E-state index is -0.117. The van der Waals surface area contributed by atoms with Crippen LogP contribution in [-0.2, 0) is 12.2 Å². The Labute approximate surface area is 150 Å². The lowest BCUT2D eigenvalue weighted by Gasteiger charge is -2.12. The van der Waals surface area contributed by atoms with Crippen molar-refractivity contribution in [3.63, 3.8) is 0 Å². The van der Waals surface area contributed by atoms with E-state index in [2.05, 4.69) is 22.4 Å². The van der Waals surface area contributed by atoms with Gasteiger partial charge in [-0.15, -0.1) is 11.8 Å². The van der Waals surface area contributed by atoms with E-state index in [1.807, 2.05) is 48.5 Å². The number of nitrogens with zero attached hydrogens (tertiary/aromatic N) is 2. The predicted molar refractivity (Wildman–Crippen MR) is 98.8 cm³/mol. The number of amides is 1. The number of hydrogen-bond acceptors (Lipinski definition) is 5. The Kier molecular flexibility index (Phi) is 5.50. The molecular weight excluding hydrogens is 334 g/mol. The molecular formula is C19H19N3O2S. The number of carbonyl (C=O) groups is 1. The average molecular weight is 353 g/mol. The number of hydrogen-bond donors (Lipinski definition) is 1. The van der Waals surface area contributed by atoms with Gasteiger partial charge in [-0.05, 0) is 30.2 Å². The van der Waals surface area contributed by atoms with Crippen LogP contribution in [0.1, 0.15) is 34.6 Å². The molecule has 128 valence electrons. The number of aryl methyl sites for hydroxylation is 2. The van der Waals surface area contributed by atoms with Crippen LogP contribution in [0, 0.1) is 6.92 Å². The Hall–Kier alpha value is -2.60. The van der Waals surface area contributed by atoms with E-state index in [1.54, 1.807) is 6.92 Å². The second-order valence-electron chi connectivity index (χ2n) is 5.48. The topological polar surface area (TPSA) is 68.0 Å². The Morgan fingerprint density at radius 1 is 1.16 bits per heavy atom.